The standard InChI is InChI=1S/C12H13N3S2/c1-8(2)5-11-14-15-6-10(13-12(15)17-11)9-3-4-16-7-9/h3-4,6-8H,5H2,1-2H3. The van der Waals surface area contributed by atoms with Crippen LogP contribution in [-0.4, -0.2) is 14.6 Å². The first-order valence-electron chi connectivity index (χ1n) is 5.60. The summed E-state index contributed by atoms with van der Waals surface area (Å²) in [6.07, 6.45) is 3.04. The molecule has 0 N–H and O–H groups in total. The largest absolute Gasteiger partial charge is 0.217 e. The van der Waals surface area contributed by atoms with E-state index in [1.54, 1.807) is 22.7 Å². The molecular formula is C12H13N3S2. The van der Waals surface area contributed by atoms with Crippen LogP contribution >= 0.6 is 22.7 Å². The van der Waals surface area contributed by atoms with Gasteiger partial charge in [0.05, 0.1) is 11.9 Å². The maximum Gasteiger partial charge on any atom is 0.212 e. The lowest BCUT2D eigenvalue weighted by atomic mass is 10.1. The van der Waals surface area contributed by atoms with Gasteiger partial charge in [0.1, 0.15) is 5.01 Å². The molecule has 88 valence electrons. The van der Waals surface area contributed by atoms with Crippen LogP contribution in [0.2, 0.25) is 0 Å². The van der Waals surface area contributed by atoms with Crippen molar-refractivity contribution in [2.45, 2.75) is 20.3 Å². The highest BCUT2D eigenvalue weighted by Crippen LogP contribution is 2.24. The SMILES string of the molecule is CC(C)Cc1nn2cc(-c3ccsc3)nc2s1. The molecule has 5 heteroatoms. The number of rotatable bonds is 3. The van der Waals surface area contributed by atoms with Crippen molar-refractivity contribution in [2.24, 2.45) is 5.92 Å². The molecule has 0 amide bonds. The Morgan fingerprint density at radius 3 is 2.94 bits per heavy atom. The number of fused-ring (bicyclic) bond motifs is 1. The van der Waals surface area contributed by atoms with Crippen LogP contribution in [0.3, 0.4) is 0 Å². The molecule has 0 aliphatic rings. The molecule has 0 aromatic carbocycles. The molecule has 0 saturated heterocycles. The van der Waals surface area contributed by atoms with Crippen molar-refractivity contribution in [2.75, 3.05) is 0 Å². The van der Waals surface area contributed by atoms with Crippen molar-refractivity contribution in [1.29, 1.82) is 0 Å². The quantitative estimate of drug-likeness (QED) is 0.721. The summed E-state index contributed by atoms with van der Waals surface area (Å²) in [6, 6.07) is 2.09. The molecule has 3 aromatic heterocycles. The van der Waals surface area contributed by atoms with Crippen molar-refractivity contribution in [3.8, 4) is 11.3 Å². The Kier molecular flexibility index (Phi) is 2.72. The van der Waals surface area contributed by atoms with Crippen LogP contribution in [0, 0.1) is 5.92 Å². The van der Waals surface area contributed by atoms with E-state index in [1.165, 1.54) is 10.6 Å². The maximum absolute atomic E-state index is 4.61. The molecule has 17 heavy (non-hydrogen) atoms. The fraction of sp³-hybridized carbons (Fsp3) is 0.333. The minimum absolute atomic E-state index is 0.641. The Balaban J connectivity index is 1.96. The monoisotopic (exact) mass is 263 g/mol. The van der Waals surface area contributed by atoms with Crippen LogP contribution in [0.1, 0.15) is 18.9 Å². The molecule has 0 fully saturated rings. The zero-order chi connectivity index (χ0) is 11.8. The Morgan fingerprint density at radius 2 is 2.29 bits per heavy atom. The number of thiophene rings is 1. The zero-order valence-electron chi connectivity index (χ0n) is 9.75. The van der Waals surface area contributed by atoms with Gasteiger partial charge in [0.2, 0.25) is 4.96 Å². The van der Waals surface area contributed by atoms with Crippen LogP contribution in [0.5, 0.6) is 0 Å². The van der Waals surface area contributed by atoms with Crippen LogP contribution in [-0.2, 0) is 6.42 Å². The maximum atomic E-state index is 4.61. The van der Waals surface area contributed by atoms with Crippen molar-refractivity contribution >= 4 is 27.6 Å². The van der Waals surface area contributed by atoms with Crippen molar-refractivity contribution in [3.63, 3.8) is 0 Å². The Hall–Kier alpha value is -1.20. The topological polar surface area (TPSA) is 30.2 Å². The number of aromatic nitrogens is 3. The lowest BCUT2D eigenvalue weighted by Gasteiger charge is -1.97. The van der Waals surface area contributed by atoms with E-state index in [1.807, 2.05) is 10.7 Å². The van der Waals surface area contributed by atoms with Gasteiger partial charge in [-0.05, 0) is 17.4 Å². The van der Waals surface area contributed by atoms with Gasteiger partial charge in [0.25, 0.3) is 0 Å². The average Bonchev–Trinajstić information content (AvgIpc) is 2.86. The summed E-state index contributed by atoms with van der Waals surface area (Å²) in [5.74, 6) is 0.641. The second kappa shape index (κ2) is 4.23. The third-order valence-corrected chi connectivity index (χ3v) is 4.11. The lowest BCUT2D eigenvalue weighted by Crippen LogP contribution is -1.94. The number of hydrogen-bond acceptors (Lipinski definition) is 4. The van der Waals surface area contributed by atoms with E-state index in [-0.39, 0.29) is 0 Å². The van der Waals surface area contributed by atoms with E-state index in [0.29, 0.717) is 5.92 Å². The second-order valence-corrected chi connectivity index (χ2v) is 6.28. The molecule has 0 spiro atoms. The summed E-state index contributed by atoms with van der Waals surface area (Å²) < 4.78 is 1.90. The van der Waals surface area contributed by atoms with Gasteiger partial charge in [-0.1, -0.05) is 25.2 Å². The van der Waals surface area contributed by atoms with Crippen LogP contribution in [0.25, 0.3) is 16.2 Å². The third kappa shape index (κ3) is 2.12. The van der Waals surface area contributed by atoms with Gasteiger partial charge in [-0.3, -0.25) is 0 Å². The van der Waals surface area contributed by atoms with Crippen LogP contribution < -0.4 is 0 Å². The summed E-state index contributed by atoms with van der Waals surface area (Å²) in [6.45, 7) is 4.42. The molecule has 0 atom stereocenters. The van der Waals surface area contributed by atoms with E-state index in [9.17, 15) is 0 Å². The minimum atomic E-state index is 0.641. The van der Waals surface area contributed by atoms with Gasteiger partial charge in [-0.2, -0.15) is 16.4 Å². The Bertz CT molecular complexity index is 588. The summed E-state index contributed by atoms with van der Waals surface area (Å²) in [5, 5.41) is 9.91. The fourth-order valence-electron chi connectivity index (χ4n) is 1.72. The zero-order valence-corrected chi connectivity index (χ0v) is 11.4. The van der Waals surface area contributed by atoms with E-state index in [0.717, 1.165) is 17.1 Å². The first-order valence-corrected chi connectivity index (χ1v) is 7.36. The molecule has 0 unspecified atom stereocenters. The van der Waals surface area contributed by atoms with E-state index in [4.69, 9.17) is 0 Å². The van der Waals surface area contributed by atoms with Crippen LogP contribution in [0.4, 0.5) is 0 Å². The molecule has 0 bridgehead atoms. The summed E-state index contributed by atoms with van der Waals surface area (Å²) in [5.41, 5.74) is 2.19. The van der Waals surface area contributed by atoms with Gasteiger partial charge in [0, 0.05) is 17.4 Å². The van der Waals surface area contributed by atoms with Gasteiger partial charge < -0.3 is 0 Å². The molecule has 0 radical (unpaired) electrons. The van der Waals surface area contributed by atoms with Gasteiger partial charge in [-0.25, -0.2) is 9.50 Å². The normalized spacial score (nSPS) is 11.7. The predicted octanol–water partition coefficient (Wildman–Crippen LogP) is 3.72. The number of imidazole rings is 1. The highest BCUT2D eigenvalue weighted by molar-refractivity contribution is 7.16. The molecule has 0 aliphatic carbocycles. The van der Waals surface area contributed by atoms with Gasteiger partial charge >= 0.3 is 0 Å². The predicted molar refractivity (Wildman–Crippen MR) is 72.7 cm³/mol. The van der Waals surface area contributed by atoms with Crippen molar-refractivity contribution < 1.29 is 0 Å². The molecule has 3 nitrogen and oxygen atoms in total. The van der Waals surface area contributed by atoms with E-state index < -0.39 is 0 Å². The summed E-state index contributed by atoms with van der Waals surface area (Å²) >= 11 is 3.38. The summed E-state index contributed by atoms with van der Waals surface area (Å²) in [7, 11) is 0. The average molecular weight is 263 g/mol. The van der Waals surface area contributed by atoms with Crippen molar-refractivity contribution in [3.05, 3.63) is 28.0 Å². The third-order valence-electron chi connectivity index (χ3n) is 2.48. The molecular weight excluding hydrogens is 250 g/mol. The molecule has 3 rings (SSSR count). The first kappa shape index (κ1) is 10.9. The van der Waals surface area contributed by atoms with Gasteiger partial charge in [0.15, 0.2) is 0 Å². The molecule has 3 heterocycles. The molecule has 0 saturated carbocycles. The smallest absolute Gasteiger partial charge is 0.212 e. The highest BCUT2D eigenvalue weighted by Gasteiger charge is 2.10. The fourth-order valence-corrected chi connectivity index (χ4v) is 3.46. The minimum Gasteiger partial charge on any atom is -0.217 e. The number of nitrogens with zero attached hydrogens (tertiary/aromatic N) is 3. The van der Waals surface area contributed by atoms with E-state index >= 15 is 0 Å². The van der Waals surface area contributed by atoms with Gasteiger partial charge in [-0.15, -0.1) is 0 Å². The molecule has 0 aliphatic heterocycles. The Labute approximate surface area is 108 Å². The first-order chi connectivity index (χ1) is 8.22. The van der Waals surface area contributed by atoms with E-state index in [2.05, 4.69) is 40.8 Å². The van der Waals surface area contributed by atoms with Crippen molar-refractivity contribution in [1.82, 2.24) is 14.6 Å². The molecule has 3 aromatic rings. The highest BCUT2D eigenvalue weighted by atomic mass is 32.1. The lowest BCUT2D eigenvalue weighted by molar-refractivity contribution is 0.637. The number of hydrogen-bond donors (Lipinski definition) is 0. The Morgan fingerprint density at radius 1 is 1.41 bits per heavy atom. The summed E-state index contributed by atoms with van der Waals surface area (Å²) in [4.78, 5) is 5.60. The second-order valence-electron chi connectivity index (χ2n) is 4.46. The van der Waals surface area contributed by atoms with Crippen LogP contribution in [0.15, 0.2) is 23.0 Å².